The van der Waals surface area contributed by atoms with Gasteiger partial charge in [-0.05, 0) is 35.6 Å². The van der Waals surface area contributed by atoms with Crippen molar-refractivity contribution >= 4 is 28.9 Å². The largest absolute Gasteiger partial charge is 0.484 e. The average Bonchev–Trinajstić information content (AvgIpc) is 2.93. The van der Waals surface area contributed by atoms with E-state index < -0.39 is 11.9 Å². The molecule has 2 aromatic rings. The average molecular weight is 305 g/mol. The summed E-state index contributed by atoms with van der Waals surface area (Å²) >= 11 is 1.06. The van der Waals surface area contributed by atoms with Crippen LogP contribution in [0.25, 0.3) is 0 Å². The third-order valence-corrected chi connectivity index (χ3v) is 3.71. The number of thiophene rings is 1. The number of nitrogens with one attached hydrogen (secondary N) is 1. The lowest BCUT2D eigenvalue weighted by Crippen LogP contribution is -2.20. The van der Waals surface area contributed by atoms with Crippen molar-refractivity contribution in [3.63, 3.8) is 0 Å². The summed E-state index contributed by atoms with van der Waals surface area (Å²) in [7, 11) is 0. The first-order valence-electron chi connectivity index (χ1n) is 6.42. The van der Waals surface area contributed by atoms with Gasteiger partial charge in [-0.1, -0.05) is 19.1 Å². The highest BCUT2D eigenvalue weighted by Crippen LogP contribution is 2.22. The van der Waals surface area contributed by atoms with Crippen LogP contribution in [0, 0.1) is 0 Å². The Bertz CT molecular complexity index is 651. The van der Waals surface area contributed by atoms with Gasteiger partial charge >= 0.3 is 5.97 Å². The van der Waals surface area contributed by atoms with Crippen molar-refractivity contribution in [2.24, 2.45) is 0 Å². The Morgan fingerprint density at radius 1 is 1.33 bits per heavy atom. The van der Waals surface area contributed by atoms with Crippen molar-refractivity contribution in [1.82, 2.24) is 0 Å². The topological polar surface area (TPSA) is 75.6 Å². The monoisotopic (exact) mass is 305 g/mol. The molecule has 0 atom stereocenters. The third-order valence-electron chi connectivity index (χ3n) is 2.81. The molecule has 5 nitrogen and oxygen atoms in total. The Labute approximate surface area is 126 Å². The van der Waals surface area contributed by atoms with Crippen molar-refractivity contribution in [3.8, 4) is 5.75 Å². The SMILES string of the molecule is CCc1cccc(OCC(=O)Nc2ccsc2C(=O)O)c1. The zero-order chi connectivity index (χ0) is 15.2. The fourth-order valence-corrected chi connectivity index (χ4v) is 2.45. The number of amides is 1. The van der Waals surface area contributed by atoms with Crippen molar-refractivity contribution in [3.05, 3.63) is 46.2 Å². The first-order valence-corrected chi connectivity index (χ1v) is 7.30. The number of aryl methyl sites for hydroxylation is 1. The molecule has 6 heteroatoms. The highest BCUT2D eigenvalue weighted by molar-refractivity contribution is 7.12. The Morgan fingerprint density at radius 2 is 2.14 bits per heavy atom. The Kier molecular flexibility index (Phi) is 4.94. The van der Waals surface area contributed by atoms with Gasteiger partial charge in [-0.25, -0.2) is 4.79 Å². The number of ether oxygens (including phenoxy) is 1. The van der Waals surface area contributed by atoms with Crippen LogP contribution in [-0.4, -0.2) is 23.6 Å². The maximum atomic E-state index is 11.8. The molecule has 0 spiro atoms. The van der Waals surface area contributed by atoms with Crippen LogP contribution < -0.4 is 10.1 Å². The van der Waals surface area contributed by atoms with Crippen molar-refractivity contribution < 1.29 is 19.4 Å². The van der Waals surface area contributed by atoms with Gasteiger partial charge in [-0.15, -0.1) is 11.3 Å². The van der Waals surface area contributed by atoms with E-state index >= 15 is 0 Å². The number of carboxylic acid groups (broad SMARTS) is 1. The first-order chi connectivity index (χ1) is 10.1. The lowest BCUT2D eigenvalue weighted by Gasteiger charge is -2.08. The zero-order valence-corrected chi connectivity index (χ0v) is 12.3. The molecule has 21 heavy (non-hydrogen) atoms. The summed E-state index contributed by atoms with van der Waals surface area (Å²) in [6.07, 6.45) is 0.889. The standard InChI is InChI=1S/C15H15NO4S/c1-2-10-4-3-5-11(8-10)20-9-13(17)16-12-6-7-21-14(12)15(18)19/h3-8H,2,9H2,1H3,(H,16,17)(H,18,19). The molecule has 2 N–H and O–H groups in total. The van der Waals surface area contributed by atoms with Crippen molar-refractivity contribution in [1.29, 1.82) is 0 Å². The molecule has 1 amide bonds. The highest BCUT2D eigenvalue weighted by Gasteiger charge is 2.14. The lowest BCUT2D eigenvalue weighted by molar-refractivity contribution is -0.118. The van der Waals surface area contributed by atoms with E-state index in [0.717, 1.165) is 23.3 Å². The van der Waals surface area contributed by atoms with Gasteiger partial charge in [0, 0.05) is 0 Å². The van der Waals surface area contributed by atoms with Crippen LogP contribution >= 0.6 is 11.3 Å². The van der Waals surface area contributed by atoms with Gasteiger partial charge in [0.1, 0.15) is 10.6 Å². The number of hydrogen-bond donors (Lipinski definition) is 2. The summed E-state index contributed by atoms with van der Waals surface area (Å²) < 4.78 is 5.40. The second-order valence-corrected chi connectivity index (χ2v) is 5.22. The van der Waals surface area contributed by atoms with Crippen LogP contribution in [0.15, 0.2) is 35.7 Å². The molecule has 0 saturated heterocycles. The van der Waals surface area contributed by atoms with E-state index in [0.29, 0.717) is 11.4 Å². The smallest absolute Gasteiger partial charge is 0.348 e. The van der Waals surface area contributed by atoms with E-state index in [1.165, 1.54) is 0 Å². The molecule has 110 valence electrons. The summed E-state index contributed by atoms with van der Waals surface area (Å²) in [6, 6.07) is 9.06. The van der Waals surface area contributed by atoms with E-state index in [1.807, 2.05) is 25.1 Å². The minimum Gasteiger partial charge on any atom is -0.484 e. The first kappa shape index (κ1) is 15.1. The summed E-state index contributed by atoms with van der Waals surface area (Å²) in [5, 5.41) is 13.1. The number of aromatic carboxylic acids is 1. The molecular weight excluding hydrogens is 290 g/mol. The van der Waals surface area contributed by atoms with E-state index in [4.69, 9.17) is 9.84 Å². The van der Waals surface area contributed by atoms with Gasteiger partial charge in [0.15, 0.2) is 6.61 Å². The molecule has 0 saturated carbocycles. The summed E-state index contributed by atoms with van der Waals surface area (Å²) in [4.78, 5) is 22.8. The Balaban J connectivity index is 1.93. The molecule has 1 aromatic carbocycles. The number of carbonyl (C=O) groups is 2. The summed E-state index contributed by atoms with van der Waals surface area (Å²) in [6.45, 7) is 1.87. The normalized spacial score (nSPS) is 10.1. The van der Waals surface area contributed by atoms with Gasteiger partial charge in [-0.2, -0.15) is 0 Å². The number of carbonyl (C=O) groups excluding carboxylic acids is 1. The molecular formula is C15H15NO4S. The van der Waals surface area contributed by atoms with Crippen LogP contribution in [-0.2, 0) is 11.2 Å². The molecule has 0 radical (unpaired) electrons. The predicted octanol–water partition coefficient (Wildman–Crippen LogP) is 3.03. The van der Waals surface area contributed by atoms with Crippen molar-refractivity contribution in [2.75, 3.05) is 11.9 Å². The fourth-order valence-electron chi connectivity index (χ4n) is 1.76. The molecule has 0 aliphatic carbocycles. The summed E-state index contributed by atoms with van der Waals surface area (Å²) in [5.74, 6) is -0.831. The number of anilines is 1. The quantitative estimate of drug-likeness (QED) is 0.860. The van der Waals surface area contributed by atoms with Crippen molar-refractivity contribution in [2.45, 2.75) is 13.3 Å². The number of carboxylic acids is 1. The molecule has 1 heterocycles. The molecule has 1 aromatic heterocycles. The van der Waals surface area contributed by atoms with E-state index in [1.54, 1.807) is 17.5 Å². The van der Waals surface area contributed by atoms with Crippen LogP contribution in [0.5, 0.6) is 5.75 Å². The van der Waals surface area contributed by atoms with Gasteiger partial charge in [0.25, 0.3) is 5.91 Å². The van der Waals surface area contributed by atoms with Crippen LogP contribution in [0.1, 0.15) is 22.2 Å². The van der Waals surface area contributed by atoms with E-state index in [9.17, 15) is 9.59 Å². The van der Waals surface area contributed by atoms with Gasteiger partial charge in [0.2, 0.25) is 0 Å². The number of benzene rings is 1. The van der Waals surface area contributed by atoms with E-state index in [-0.39, 0.29) is 11.5 Å². The molecule has 0 unspecified atom stereocenters. The molecule has 0 aliphatic rings. The van der Waals surface area contributed by atoms with Gasteiger partial charge < -0.3 is 15.2 Å². The minimum atomic E-state index is -1.06. The molecule has 2 rings (SSSR count). The maximum absolute atomic E-state index is 11.8. The second-order valence-electron chi connectivity index (χ2n) is 4.31. The minimum absolute atomic E-state index is 0.108. The summed E-state index contributed by atoms with van der Waals surface area (Å²) in [5.41, 5.74) is 1.42. The highest BCUT2D eigenvalue weighted by atomic mass is 32.1. The van der Waals surface area contributed by atoms with E-state index in [2.05, 4.69) is 5.32 Å². The number of rotatable bonds is 6. The van der Waals surface area contributed by atoms with Gasteiger partial charge in [0.05, 0.1) is 5.69 Å². The van der Waals surface area contributed by atoms with Crippen LogP contribution in [0.3, 0.4) is 0 Å². The fraction of sp³-hybridized carbons (Fsp3) is 0.200. The maximum Gasteiger partial charge on any atom is 0.348 e. The zero-order valence-electron chi connectivity index (χ0n) is 11.5. The number of hydrogen-bond acceptors (Lipinski definition) is 4. The van der Waals surface area contributed by atoms with Crippen LogP contribution in [0.2, 0.25) is 0 Å². The molecule has 0 aliphatic heterocycles. The predicted molar refractivity (Wildman–Crippen MR) is 81.2 cm³/mol. The molecule has 0 bridgehead atoms. The van der Waals surface area contributed by atoms with Crippen LogP contribution in [0.4, 0.5) is 5.69 Å². The van der Waals surface area contributed by atoms with Gasteiger partial charge in [-0.3, -0.25) is 4.79 Å². The Morgan fingerprint density at radius 3 is 2.86 bits per heavy atom. The second kappa shape index (κ2) is 6.90. The lowest BCUT2D eigenvalue weighted by atomic mass is 10.2. The molecule has 0 fully saturated rings. The third kappa shape index (κ3) is 4.06. The Hall–Kier alpha value is -2.34.